The molecule has 80 heavy (non-hydrogen) atoms. The van der Waals surface area contributed by atoms with Crippen LogP contribution in [0.1, 0.15) is 213 Å². The molecule has 17 unspecified atom stereocenters. The number of aliphatic hydroxyl groups excluding tert-OH is 11. The van der Waals surface area contributed by atoms with Crippen LogP contribution >= 0.6 is 0 Å². The van der Waals surface area contributed by atoms with Crippen LogP contribution in [-0.4, -0.2) is 193 Å². The summed E-state index contributed by atoms with van der Waals surface area (Å²) in [7, 11) is 0. The number of nitrogens with one attached hydrogen (secondary N) is 1. The van der Waals surface area contributed by atoms with Gasteiger partial charge in [0.15, 0.2) is 18.9 Å². The minimum atomic E-state index is -1.97. The first-order valence-corrected chi connectivity index (χ1v) is 31.2. The summed E-state index contributed by atoms with van der Waals surface area (Å²) in [6, 6.07) is -0.890. The van der Waals surface area contributed by atoms with Crippen LogP contribution < -0.4 is 5.32 Å². The van der Waals surface area contributed by atoms with E-state index in [0.717, 1.165) is 70.6 Å². The van der Waals surface area contributed by atoms with E-state index in [1.54, 1.807) is 0 Å². The van der Waals surface area contributed by atoms with E-state index in [1.807, 2.05) is 0 Å². The third kappa shape index (κ3) is 27.8. The lowest BCUT2D eigenvalue weighted by molar-refractivity contribution is -0.379. The highest BCUT2D eigenvalue weighted by molar-refractivity contribution is 5.76. The Balaban J connectivity index is 1.46. The molecule has 12 N–H and O–H groups in total. The topological polar surface area (TPSA) is 307 Å². The summed E-state index contributed by atoms with van der Waals surface area (Å²) < 4.78 is 34.3. The van der Waals surface area contributed by atoms with Gasteiger partial charge >= 0.3 is 0 Å². The second-order valence-electron chi connectivity index (χ2n) is 22.5. The van der Waals surface area contributed by atoms with Crippen LogP contribution in [0.4, 0.5) is 0 Å². The Morgan fingerprint density at radius 3 is 1.29 bits per heavy atom. The fourth-order valence-corrected chi connectivity index (χ4v) is 10.6. The number of ether oxygens (including phenoxy) is 6. The first-order chi connectivity index (χ1) is 38.8. The van der Waals surface area contributed by atoms with Gasteiger partial charge in [-0.2, -0.15) is 0 Å². The molecule has 0 spiro atoms. The molecular weight excluding hydrogens is 1030 g/mol. The van der Waals surface area contributed by atoms with E-state index in [4.69, 9.17) is 28.4 Å². The maximum absolute atomic E-state index is 13.3. The van der Waals surface area contributed by atoms with Crippen molar-refractivity contribution in [3.05, 3.63) is 36.5 Å². The van der Waals surface area contributed by atoms with Crippen molar-refractivity contribution in [1.82, 2.24) is 5.32 Å². The lowest BCUT2D eigenvalue weighted by atomic mass is 9.96. The fourth-order valence-electron chi connectivity index (χ4n) is 10.6. The van der Waals surface area contributed by atoms with Gasteiger partial charge in [0.25, 0.3) is 0 Å². The monoisotopic (exact) mass is 1150 g/mol. The van der Waals surface area contributed by atoms with Gasteiger partial charge < -0.3 is 89.9 Å². The summed E-state index contributed by atoms with van der Waals surface area (Å²) in [6.07, 6.45) is 20.8. The van der Waals surface area contributed by atoms with E-state index < -0.39 is 124 Å². The Kier molecular flexibility index (Phi) is 40.2. The summed E-state index contributed by atoms with van der Waals surface area (Å²) in [5.74, 6) is -0.252. The molecule has 3 fully saturated rings. The third-order valence-corrected chi connectivity index (χ3v) is 15.7. The van der Waals surface area contributed by atoms with Crippen LogP contribution in [0.5, 0.6) is 0 Å². The van der Waals surface area contributed by atoms with Crippen LogP contribution in [0.25, 0.3) is 0 Å². The number of unbranched alkanes of at least 4 members (excludes halogenated alkanes) is 24. The van der Waals surface area contributed by atoms with Crippen molar-refractivity contribution < 1.29 is 89.4 Å². The van der Waals surface area contributed by atoms with Gasteiger partial charge in [0, 0.05) is 6.42 Å². The van der Waals surface area contributed by atoms with Gasteiger partial charge in [-0.3, -0.25) is 4.79 Å². The van der Waals surface area contributed by atoms with Crippen molar-refractivity contribution >= 4 is 5.91 Å². The van der Waals surface area contributed by atoms with E-state index in [-0.39, 0.29) is 18.9 Å². The molecule has 0 aliphatic carbocycles. The first-order valence-electron chi connectivity index (χ1n) is 31.2. The zero-order chi connectivity index (χ0) is 58.3. The largest absolute Gasteiger partial charge is 0.394 e. The lowest BCUT2D eigenvalue weighted by Crippen LogP contribution is -2.66. The van der Waals surface area contributed by atoms with Crippen molar-refractivity contribution in [2.24, 2.45) is 0 Å². The average Bonchev–Trinajstić information content (AvgIpc) is 3.45. The number of hydrogen-bond acceptors (Lipinski definition) is 18. The van der Waals surface area contributed by atoms with Gasteiger partial charge in [0.05, 0.1) is 38.6 Å². The second-order valence-corrected chi connectivity index (χ2v) is 22.5. The summed E-state index contributed by atoms with van der Waals surface area (Å²) >= 11 is 0. The normalized spacial score (nSPS) is 30.2. The van der Waals surface area contributed by atoms with Crippen LogP contribution in [0.15, 0.2) is 36.5 Å². The van der Waals surface area contributed by atoms with Gasteiger partial charge in [-0.1, -0.05) is 192 Å². The highest BCUT2D eigenvalue weighted by Gasteiger charge is 2.53. The Labute approximate surface area is 479 Å². The van der Waals surface area contributed by atoms with E-state index in [1.165, 1.54) is 109 Å². The third-order valence-electron chi connectivity index (χ3n) is 15.7. The Hall–Kier alpha value is -1.99. The predicted molar refractivity (Wildman–Crippen MR) is 305 cm³/mol. The zero-order valence-electron chi connectivity index (χ0n) is 48.8. The fraction of sp³-hybridized carbons (Fsp3) is 0.885. The molecule has 0 saturated carbocycles. The van der Waals surface area contributed by atoms with Crippen LogP contribution in [-0.2, 0) is 33.2 Å². The number of allylic oxidation sites excluding steroid dienone is 6. The molecule has 17 atom stereocenters. The molecule has 3 heterocycles. The molecule has 1 amide bonds. The molecule has 0 radical (unpaired) electrons. The maximum Gasteiger partial charge on any atom is 0.220 e. The van der Waals surface area contributed by atoms with Gasteiger partial charge in [-0.05, 0) is 51.4 Å². The highest BCUT2D eigenvalue weighted by Crippen LogP contribution is 2.33. The van der Waals surface area contributed by atoms with Crippen LogP contribution in [0.2, 0.25) is 0 Å². The molecule has 468 valence electrons. The standard InChI is InChI=1S/C61H111NO18/c1-3-5-7-9-11-13-15-17-18-19-20-21-22-23-24-25-26-27-29-31-33-35-37-39-49(67)62-44(45(66)38-36-34-32-30-28-16-14-12-10-8-6-4-2)43-75-59-55(73)52(70)57(47(41-64)77-59)80-61-56(74)53(71)58(48(42-65)78-61)79-60-54(72)51(69)50(68)46(40-63)76-60/h15,17,19-20,22-23,44-48,50-61,63-66,68-74H,3-14,16,18,21,24-43H2,1-2H3,(H,62,67)/b17-15-,20-19-,23-22-. The molecular formula is C61H111NO18. The molecule has 0 aromatic carbocycles. The molecule has 19 heteroatoms. The number of hydrogen-bond donors (Lipinski definition) is 12. The Bertz CT molecular complexity index is 1600. The van der Waals surface area contributed by atoms with Crippen LogP contribution in [0, 0.1) is 0 Å². The smallest absolute Gasteiger partial charge is 0.220 e. The summed E-state index contributed by atoms with van der Waals surface area (Å²) in [4.78, 5) is 13.3. The van der Waals surface area contributed by atoms with Crippen molar-refractivity contribution in [1.29, 1.82) is 0 Å². The quantitative estimate of drug-likeness (QED) is 0.0242. The molecule has 3 aliphatic rings. The zero-order valence-corrected chi connectivity index (χ0v) is 48.8. The van der Waals surface area contributed by atoms with Crippen molar-refractivity contribution in [2.75, 3.05) is 26.4 Å². The minimum absolute atomic E-state index is 0.252. The van der Waals surface area contributed by atoms with Gasteiger partial charge in [0.2, 0.25) is 5.91 Å². The number of amides is 1. The SMILES string of the molecule is CCCCCCC/C=C\C/C=C\C/C=C\CCCCCCCCCCC(=O)NC(COC1OC(CO)C(OC2OC(CO)C(OC3OC(CO)C(O)C(O)C3O)C(O)C2O)C(O)C1O)C(O)CCCCCCCCCCCCCC. The van der Waals surface area contributed by atoms with Crippen molar-refractivity contribution in [3.63, 3.8) is 0 Å². The molecule has 0 aromatic rings. The van der Waals surface area contributed by atoms with Crippen LogP contribution in [0.3, 0.4) is 0 Å². The van der Waals surface area contributed by atoms with Gasteiger partial charge in [0.1, 0.15) is 73.2 Å². The number of rotatable bonds is 46. The van der Waals surface area contributed by atoms with E-state index in [2.05, 4.69) is 55.6 Å². The molecule has 3 aliphatic heterocycles. The number of aliphatic hydroxyl groups is 11. The van der Waals surface area contributed by atoms with E-state index in [9.17, 15) is 61.0 Å². The minimum Gasteiger partial charge on any atom is -0.394 e. The molecule has 0 bridgehead atoms. The first kappa shape index (κ1) is 72.3. The molecule has 3 rings (SSSR count). The average molecular weight is 1150 g/mol. The van der Waals surface area contributed by atoms with Gasteiger partial charge in [-0.25, -0.2) is 0 Å². The summed E-state index contributed by atoms with van der Waals surface area (Å²) in [5, 5.41) is 120. The van der Waals surface area contributed by atoms with Crippen molar-refractivity contribution in [3.8, 4) is 0 Å². The number of carbonyl (C=O) groups excluding carboxylic acids is 1. The Morgan fingerprint density at radius 2 is 0.825 bits per heavy atom. The summed E-state index contributed by atoms with van der Waals surface area (Å²) in [5.41, 5.74) is 0. The Morgan fingerprint density at radius 1 is 0.450 bits per heavy atom. The lowest BCUT2D eigenvalue weighted by Gasteiger charge is -2.48. The van der Waals surface area contributed by atoms with E-state index in [0.29, 0.717) is 12.8 Å². The summed E-state index contributed by atoms with van der Waals surface area (Å²) in [6.45, 7) is 1.76. The molecule has 3 saturated heterocycles. The predicted octanol–water partition coefficient (Wildman–Crippen LogP) is 6.10. The van der Waals surface area contributed by atoms with E-state index >= 15 is 0 Å². The molecule has 19 nitrogen and oxygen atoms in total. The highest BCUT2D eigenvalue weighted by atomic mass is 16.8. The van der Waals surface area contributed by atoms with Gasteiger partial charge in [-0.15, -0.1) is 0 Å². The second kappa shape index (κ2) is 44.5. The molecule has 0 aromatic heterocycles. The van der Waals surface area contributed by atoms with Crippen molar-refractivity contribution in [2.45, 2.75) is 317 Å². The number of carbonyl (C=O) groups is 1. The maximum atomic E-state index is 13.3.